The number of nitrogens with one attached hydrogen (secondary N) is 2. The molecule has 5 heterocycles. The van der Waals surface area contributed by atoms with E-state index in [9.17, 15) is 4.79 Å². The average Bonchev–Trinajstić information content (AvgIpc) is 2.90. The zero-order valence-electron chi connectivity index (χ0n) is 18.4. The number of amides is 1. The van der Waals surface area contributed by atoms with Crippen LogP contribution in [-0.4, -0.2) is 73.3 Å². The molecule has 33 heavy (non-hydrogen) atoms. The van der Waals surface area contributed by atoms with Crippen molar-refractivity contribution in [2.45, 2.75) is 0 Å². The van der Waals surface area contributed by atoms with Gasteiger partial charge in [-0.2, -0.15) is 0 Å². The fourth-order valence-electron chi connectivity index (χ4n) is 4.09. The summed E-state index contributed by atoms with van der Waals surface area (Å²) >= 11 is 0. The van der Waals surface area contributed by atoms with Crippen LogP contribution in [0.25, 0.3) is 11.3 Å². The van der Waals surface area contributed by atoms with Crippen LogP contribution in [0.15, 0.2) is 55.0 Å². The van der Waals surface area contributed by atoms with E-state index in [4.69, 9.17) is 4.74 Å². The molecule has 0 saturated carbocycles. The fourth-order valence-corrected chi connectivity index (χ4v) is 4.09. The molecule has 0 aliphatic carbocycles. The summed E-state index contributed by atoms with van der Waals surface area (Å²) in [5.74, 6) is 0.659. The number of rotatable bonds is 5. The van der Waals surface area contributed by atoms with Gasteiger partial charge in [-0.25, -0.2) is 9.97 Å². The highest BCUT2D eigenvalue weighted by Gasteiger charge is 2.17. The van der Waals surface area contributed by atoms with E-state index in [1.165, 1.54) is 0 Å². The van der Waals surface area contributed by atoms with Crippen molar-refractivity contribution in [2.24, 2.45) is 0 Å². The van der Waals surface area contributed by atoms with Gasteiger partial charge in [-0.05, 0) is 30.3 Å². The van der Waals surface area contributed by atoms with Crippen molar-refractivity contribution in [3.8, 4) is 11.3 Å². The Morgan fingerprint density at radius 1 is 0.970 bits per heavy atom. The molecule has 0 atom stereocenters. The third kappa shape index (κ3) is 4.94. The Balaban J connectivity index is 1.32. The van der Waals surface area contributed by atoms with Gasteiger partial charge < -0.3 is 25.2 Å². The molecule has 0 spiro atoms. The summed E-state index contributed by atoms with van der Waals surface area (Å²) in [5, 5.41) is 6.34. The van der Waals surface area contributed by atoms with Crippen LogP contribution in [0.3, 0.4) is 0 Å². The number of aromatic nitrogens is 3. The van der Waals surface area contributed by atoms with E-state index in [0.717, 1.165) is 69.6 Å². The maximum absolute atomic E-state index is 13.0. The molecule has 170 valence electrons. The minimum absolute atomic E-state index is 0.265. The summed E-state index contributed by atoms with van der Waals surface area (Å²) in [4.78, 5) is 30.9. The molecule has 3 aromatic rings. The molecule has 5 rings (SSSR count). The molecule has 0 unspecified atom stereocenters. The van der Waals surface area contributed by atoms with Gasteiger partial charge in [0.05, 0.1) is 36.5 Å². The van der Waals surface area contributed by atoms with Crippen LogP contribution in [-0.2, 0) is 4.74 Å². The lowest BCUT2D eigenvalue weighted by molar-refractivity contribution is 0.102. The second-order valence-electron chi connectivity index (χ2n) is 8.00. The standard InChI is InChI=1S/C24H27N7O2/c32-24(29-21-17-26-7-6-22(21)30-10-8-25-9-11-30)20-3-1-2-19(28-20)18-4-5-23(27-16-18)31-12-14-33-15-13-31/h1-7,16-17,25H,8-15H2,(H,29,32). The molecule has 2 saturated heterocycles. The highest BCUT2D eigenvalue weighted by Crippen LogP contribution is 2.26. The SMILES string of the molecule is O=C(Nc1cnccc1N1CCNCC1)c1cccc(-c2ccc(N3CCOCC3)nc2)n1. The molecule has 0 aromatic carbocycles. The van der Waals surface area contributed by atoms with Crippen molar-refractivity contribution in [3.63, 3.8) is 0 Å². The Bertz CT molecular complexity index is 1090. The Morgan fingerprint density at radius 3 is 2.61 bits per heavy atom. The highest BCUT2D eigenvalue weighted by molar-refractivity contribution is 6.04. The fraction of sp³-hybridized carbons (Fsp3) is 0.333. The van der Waals surface area contributed by atoms with Crippen LogP contribution < -0.4 is 20.4 Å². The largest absolute Gasteiger partial charge is 0.378 e. The van der Waals surface area contributed by atoms with Gasteiger partial charge in [0.15, 0.2) is 0 Å². The zero-order chi connectivity index (χ0) is 22.5. The van der Waals surface area contributed by atoms with Gasteiger partial charge in [-0.15, -0.1) is 0 Å². The normalized spacial score (nSPS) is 16.5. The van der Waals surface area contributed by atoms with Crippen molar-refractivity contribution < 1.29 is 9.53 Å². The van der Waals surface area contributed by atoms with Crippen LogP contribution >= 0.6 is 0 Å². The monoisotopic (exact) mass is 445 g/mol. The van der Waals surface area contributed by atoms with Crippen LogP contribution in [0.1, 0.15) is 10.5 Å². The first kappa shape index (κ1) is 21.3. The average molecular weight is 446 g/mol. The smallest absolute Gasteiger partial charge is 0.274 e. The van der Waals surface area contributed by atoms with E-state index in [0.29, 0.717) is 17.1 Å². The second-order valence-corrected chi connectivity index (χ2v) is 8.00. The molecule has 2 aliphatic rings. The Morgan fingerprint density at radius 2 is 1.82 bits per heavy atom. The number of carbonyl (C=O) groups is 1. The number of ether oxygens (including phenoxy) is 1. The van der Waals surface area contributed by atoms with E-state index in [-0.39, 0.29) is 5.91 Å². The lowest BCUT2D eigenvalue weighted by Gasteiger charge is -2.30. The molecule has 2 fully saturated rings. The third-order valence-corrected chi connectivity index (χ3v) is 5.86. The van der Waals surface area contributed by atoms with E-state index in [1.54, 1.807) is 24.7 Å². The minimum atomic E-state index is -0.265. The first-order valence-electron chi connectivity index (χ1n) is 11.3. The number of pyridine rings is 3. The lowest BCUT2D eigenvalue weighted by atomic mass is 10.1. The first-order chi connectivity index (χ1) is 16.3. The zero-order valence-corrected chi connectivity index (χ0v) is 18.4. The summed E-state index contributed by atoms with van der Waals surface area (Å²) in [6.07, 6.45) is 5.24. The Kier molecular flexibility index (Phi) is 6.41. The van der Waals surface area contributed by atoms with Gasteiger partial charge in [0.25, 0.3) is 5.91 Å². The number of anilines is 3. The molecule has 2 aliphatic heterocycles. The number of piperazine rings is 1. The molecule has 0 bridgehead atoms. The van der Waals surface area contributed by atoms with E-state index >= 15 is 0 Å². The summed E-state index contributed by atoms with van der Waals surface area (Å²) in [5.41, 5.74) is 3.58. The summed E-state index contributed by atoms with van der Waals surface area (Å²) in [6, 6.07) is 11.4. The molecule has 3 aromatic heterocycles. The van der Waals surface area contributed by atoms with Gasteiger partial charge in [-0.1, -0.05) is 6.07 Å². The number of hydrogen-bond donors (Lipinski definition) is 2. The molecular formula is C24H27N7O2. The number of carbonyl (C=O) groups excluding carboxylic acids is 1. The Labute approximate surface area is 192 Å². The number of nitrogens with zero attached hydrogens (tertiary/aromatic N) is 5. The highest BCUT2D eigenvalue weighted by atomic mass is 16.5. The van der Waals surface area contributed by atoms with Crippen molar-refractivity contribution in [1.82, 2.24) is 20.3 Å². The third-order valence-electron chi connectivity index (χ3n) is 5.86. The number of morpholine rings is 1. The molecule has 9 nitrogen and oxygen atoms in total. The van der Waals surface area contributed by atoms with Gasteiger partial charge in [0.1, 0.15) is 11.5 Å². The first-order valence-corrected chi connectivity index (χ1v) is 11.3. The van der Waals surface area contributed by atoms with Crippen LogP contribution in [0.5, 0.6) is 0 Å². The van der Waals surface area contributed by atoms with Gasteiger partial charge >= 0.3 is 0 Å². The predicted molar refractivity (Wildman–Crippen MR) is 128 cm³/mol. The lowest BCUT2D eigenvalue weighted by Crippen LogP contribution is -2.43. The van der Waals surface area contributed by atoms with Gasteiger partial charge in [0, 0.05) is 57.2 Å². The van der Waals surface area contributed by atoms with Crippen molar-refractivity contribution in [1.29, 1.82) is 0 Å². The maximum atomic E-state index is 13.0. The topological polar surface area (TPSA) is 95.5 Å². The summed E-state index contributed by atoms with van der Waals surface area (Å²) in [7, 11) is 0. The summed E-state index contributed by atoms with van der Waals surface area (Å²) in [6.45, 7) is 6.71. The summed E-state index contributed by atoms with van der Waals surface area (Å²) < 4.78 is 5.41. The number of hydrogen-bond acceptors (Lipinski definition) is 8. The van der Waals surface area contributed by atoms with E-state index < -0.39 is 0 Å². The minimum Gasteiger partial charge on any atom is -0.378 e. The van der Waals surface area contributed by atoms with Crippen LogP contribution in [0, 0.1) is 0 Å². The predicted octanol–water partition coefficient (Wildman–Crippen LogP) is 2.04. The van der Waals surface area contributed by atoms with Crippen molar-refractivity contribution in [3.05, 3.63) is 60.7 Å². The van der Waals surface area contributed by atoms with Gasteiger partial charge in [0.2, 0.25) is 0 Å². The Hall–Kier alpha value is -3.56. The second kappa shape index (κ2) is 9.93. The van der Waals surface area contributed by atoms with Crippen LogP contribution in [0.4, 0.5) is 17.2 Å². The van der Waals surface area contributed by atoms with Crippen molar-refractivity contribution in [2.75, 3.05) is 67.6 Å². The van der Waals surface area contributed by atoms with Crippen LogP contribution in [0.2, 0.25) is 0 Å². The maximum Gasteiger partial charge on any atom is 0.274 e. The molecule has 1 amide bonds. The van der Waals surface area contributed by atoms with E-state index in [2.05, 4.69) is 35.4 Å². The van der Waals surface area contributed by atoms with E-state index in [1.807, 2.05) is 30.3 Å². The molecular weight excluding hydrogens is 418 g/mol. The van der Waals surface area contributed by atoms with Gasteiger partial charge in [-0.3, -0.25) is 9.78 Å². The quantitative estimate of drug-likeness (QED) is 0.616. The molecule has 2 N–H and O–H groups in total. The molecule has 0 radical (unpaired) electrons. The van der Waals surface area contributed by atoms with Crippen molar-refractivity contribution >= 4 is 23.1 Å². The molecule has 9 heteroatoms.